The molecule has 0 aliphatic carbocycles. The number of rotatable bonds is 4. The van der Waals surface area contributed by atoms with E-state index in [2.05, 4.69) is 0 Å². The predicted octanol–water partition coefficient (Wildman–Crippen LogP) is 3.49. The monoisotopic (exact) mass is 396 g/mol. The van der Waals surface area contributed by atoms with Crippen molar-refractivity contribution in [2.75, 3.05) is 13.2 Å². The third-order valence-corrected chi connectivity index (χ3v) is 4.93. The van der Waals surface area contributed by atoms with Gasteiger partial charge in [0.25, 0.3) is 11.8 Å². The minimum atomic E-state index is -0.701. The van der Waals surface area contributed by atoms with E-state index in [0.717, 1.165) is 16.0 Å². The summed E-state index contributed by atoms with van der Waals surface area (Å²) in [5.74, 6) is -0.273. The fourth-order valence-corrected chi connectivity index (χ4v) is 3.08. The van der Waals surface area contributed by atoms with Gasteiger partial charge in [0.2, 0.25) is 0 Å². The molecule has 0 saturated carbocycles. The molecule has 1 N–H and O–H groups in total. The fraction of sp³-hybridized carbons (Fsp3) is 0.190. The summed E-state index contributed by atoms with van der Waals surface area (Å²) in [6.45, 7) is 2.87. The van der Waals surface area contributed by atoms with E-state index in [-0.39, 0.29) is 29.9 Å². The van der Waals surface area contributed by atoms with Crippen molar-refractivity contribution in [2.45, 2.75) is 13.8 Å². The smallest absolute Gasteiger partial charge is 0.271 e. The Labute approximate surface area is 166 Å². The Balaban J connectivity index is 2.02. The molecule has 142 valence electrons. The molecule has 1 aromatic heterocycles. The number of carbonyl (C=O) groups is 2. The first-order chi connectivity index (χ1) is 13.4. The number of nitriles is 1. The van der Waals surface area contributed by atoms with Crippen molar-refractivity contribution in [1.29, 1.82) is 5.26 Å². The molecule has 2 aromatic rings. The summed E-state index contributed by atoms with van der Waals surface area (Å²) in [4.78, 5) is 25.8. The van der Waals surface area contributed by atoms with Gasteiger partial charge >= 0.3 is 0 Å². The Morgan fingerprint density at radius 3 is 2.61 bits per heavy atom. The van der Waals surface area contributed by atoms with E-state index in [9.17, 15) is 14.9 Å². The molecule has 0 saturated heterocycles. The number of furan rings is 1. The van der Waals surface area contributed by atoms with Gasteiger partial charge in [0.15, 0.2) is 0 Å². The summed E-state index contributed by atoms with van der Waals surface area (Å²) in [6.07, 6.45) is 1.50. The van der Waals surface area contributed by atoms with Gasteiger partial charge in [0, 0.05) is 16.2 Å². The Bertz CT molecular complexity index is 1070. The molecule has 3 rings (SSSR count). The lowest BCUT2D eigenvalue weighted by atomic mass is 9.95. The molecule has 1 aliphatic heterocycles. The van der Waals surface area contributed by atoms with Gasteiger partial charge in [-0.3, -0.25) is 14.5 Å². The third kappa shape index (κ3) is 3.50. The van der Waals surface area contributed by atoms with Crippen LogP contribution in [0.4, 0.5) is 0 Å². The van der Waals surface area contributed by atoms with E-state index < -0.39 is 11.8 Å². The molecule has 2 heterocycles. The molecular formula is C21H17ClN2O4. The highest BCUT2D eigenvalue weighted by molar-refractivity contribution is 6.31. The maximum Gasteiger partial charge on any atom is 0.271 e. The number of halogens is 1. The quantitative estimate of drug-likeness (QED) is 0.630. The summed E-state index contributed by atoms with van der Waals surface area (Å²) in [6, 6.07) is 10.8. The van der Waals surface area contributed by atoms with Gasteiger partial charge < -0.3 is 9.52 Å². The van der Waals surface area contributed by atoms with Crippen LogP contribution in [-0.2, 0) is 9.59 Å². The molecule has 0 fully saturated rings. The van der Waals surface area contributed by atoms with E-state index in [4.69, 9.17) is 21.1 Å². The van der Waals surface area contributed by atoms with Gasteiger partial charge in [0.1, 0.15) is 23.2 Å². The minimum absolute atomic E-state index is 0.126. The second kappa shape index (κ2) is 7.85. The van der Waals surface area contributed by atoms with Gasteiger partial charge in [-0.1, -0.05) is 11.6 Å². The van der Waals surface area contributed by atoms with Crippen LogP contribution in [0.25, 0.3) is 17.4 Å². The number of aliphatic hydroxyl groups excluding tert-OH is 1. The van der Waals surface area contributed by atoms with Crippen LogP contribution in [0.15, 0.2) is 51.5 Å². The first-order valence-corrected chi connectivity index (χ1v) is 8.91. The number of benzene rings is 1. The largest absolute Gasteiger partial charge is 0.457 e. The molecule has 2 amide bonds. The number of aliphatic hydroxyl groups is 1. The molecule has 6 nitrogen and oxygen atoms in total. The number of β-amino-alcohol motifs (C(OH)–C–C–N with tert-alkyl or cyclic N) is 1. The number of hydrogen-bond acceptors (Lipinski definition) is 5. The van der Waals surface area contributed by atoms with Gasteiger partial charge in [0.05, 0.1) is 13.2 Å². The maximum absolute atomic E-state index is 12.7. The van der Waals surface area contributed by atoms with Crippen molar-refractivity contribution in [2.24, 2.45) is 0 Å². The summed E-state index contributed by atoms with van der Waals surface area (Å²) in [7, 11) is 0. The molecular weight excluding hydrogens is 380 g/mol. The zero-order valence-electron chi connectivity index (χ0n) is 15.3. The van der Waals surface area contributed by atoms with Crippen LogP contribution >= 0.6 is 11.6 Å². The topological polar surface area (TPSA) is 94.5 Å². The molecule has 0 atom stereocenters. The first kappa shape index (κ1) is 19.6. The van der Waals surface area contributed by atoms with Gasteiger partial charge in [-0.25, -0.2) is 0 Å². The normalized spacial score (nSPS) is 16.1. The van der Waals surface area contributed by atoms with Crippen LogP contribution in [-0.4, -0.2) is 35.0 Å². The van der Waals surface area contributed by atoms with Crippen LogP contribution in [0, 0.1) is 18.3 Å². The van der Waals surface area contributed by atoms with Gasteiger partial charge in [-0.15, -0.1) is 0 Å². The van der Waals surface area contributed by atoms with Crippen LogP contribution in [0.3, 0.4) is 0 Å². The van der Waals surface area contributed by atoms with Crippen LogP contribution in [0.1, 0.15) is 18.2 Å². The van der Waals surface area contributed by atoms with E-state index in [1.165, 1.54) is 6.08 Å². The second-order valence-corrected chi connectivity index (χ2v) is 6.73. The summed E-state index contributed by atoms with van der Waals surface area (Å²) < 4.78 is 5.82. The standard InChI is InChI=1S/C21H17ClN2O4/c1-12-9-14(3-5-18(12)22)19-6-4-15(28-19)10-16-13(2)17(11-23)21(27)24(7-8-25)20(16)26/h3-6,9-10,25H,7-8H2,1-2H3/b16-10-. The Hall–Kier alpha value is -3.14. The van der Waals surface area contributed by atoms with Crippen molar-refractivity contribution in [1.82, 2.24) is 4.90 Å². The number of amides is 2. The lowest BCUT2D eigenvalue weighted by molar-refractivity contribution is -0.140. The van der Waals surface area contributed by atoms with Crippen LogP contribution in [0.2, 0.25) is 5.02 Å². The van der Waals surface area contributed by atoms with Gasteiger partial charge in [-0.05, 0) is 61.4 Å². The fourth-order valence-electron chi connectivity index (χ4n) is 2.96. The van der Waals surface area contributed by atoms with Gasteiger partial charge in [-0.2, -0.15) is 5.26 Å². The maximum atomic E-state index is 12.7. The molecule has 0 bridgehead atoms. The Morgan fingerprint density at radius 1 is 1.21 bits per heavy atom. The highest BCUT2D eigenvalue weighted by Crippen LogP contribution is 2.30. The molecule has 0 radical (unpaired) electrons. The number of aryl methyl sites for hydroxylation is 1. The Kier molecular flexibility index (Phi) is 5.50. The predicted molar refractivity (Wildman–Crippen MR) is 104 cm³/mol. The second-order valence-electron chi connectivity index (χ2n) is 6.32. The van der Waals surface area contributed by atoms with E-state index >= 15 is 0 Å². The van der Waals surface area contributed by atoms with Crippen molar-refractivity contribution in [3.05, 3.63) is 63.4 Å². The molecule has 1 aromatic carbocycles. The van der Waals surface area contributed by atoms with Crippen molar-refractivity contribution in [3.8, 4) is 17.4 Å². The summed E-state index contributed by atoms with van der Waals surface area (Å²) >= 11 is 6.05. The lowest BCUT2D eigenvalue weighted by Gasteiger charge is -2.26. The average molecular weight is 397 g/mol. The number of imide groups is 1. The molecule has 0 spiro atoms. The van der Waals surface area contributed by atoms with Crippen molar-refractivity contribution < 1.29 is 19.1 Å². The minimum Gasteiger partial charge on any atom is -0.457 e. The zero-order valence-corrected chi connectivity index (χ0v) is 16.1. The highest BCUT2D eigenvalue weighted by Gasteiger charge is 2.35. The van der Waals surface area contributed by atoms with Crippen molar-refractivity contribution in [3.63, 3.8) is 0 Å². The SMILES string of the molecule is CC1=C(C#N)C(=O)N(CCO)C(=O)/C1=C\c1ccc(-c2ccc(Cl)c(C)c2)o1. The Morgan fingerprint density at radius 2 is 1.96 bits per heavy atom. The summed E-state index contributed by atoms with van der Waals surface area (Å²) in [5, 5.41) is 19.1. The van der Waals surface area contributed by atoms with E-state index in [1.54, 1.807) is 25.1 Å². The molecule has 1 aliphatic rings. The van der Waals surface area contributed by atoms with Crippen LogP contribution in [0.5, 0.6) is 0 Å². The number of nitrogens with zero attached hydrogens (tertiary/aromatic N) is 2. The molecule has 28 heavy (non-hydrogen) atoms. The third-order valence-electron chi connectivity index (χ3n) is 4.50. The van der Waals surface area contributed by atoms with E-state index in [1.807, 2.05) is 25.1 Å². The number of carbonyl (C=O) groups excluding carboxylic acids is 2. The molecule has 7 heteroatoms. The highest BCUT2D eigenvalue weighted by atomic mass is 35.5. The zero-order chi connectivity index (χ0) is 20.4. The van der Waals surface area contributed by atoms with E-state index in [0.29, 0.717) is 16.5 Å². The first-order valence-electron chi connectivity index (χ1n) is 8.53. The summed E-state index contributed by atoms with van der Waals surface area (Å²) in [5.41, 5.74) is 2.08. The lowest BCUT2D eigenvalue weighted by Crippen LogP contribution is -2.44. The van der Waals surface area contributed by atoms with Crippen LogP contribution < -0.4 is 0 Å². The average Bonchev–Trinajstić information content (AvgIpc) is 3.14. The van der Waals surface area contributed by atoms with Crippen molar-refractivity contribution >= 4 is 29.5 Å². The molecule has 0 unspecified atom stereocenters. The number of hydrogen-bond donors (Lipinski definition) is 1.